The van der Waals surface area contributed by atoms with E-state index in [1.165, 1.54) is 0 Å². The van der Waals surface area contributed by atoms with Gasteiger partial charge in [0.2, 0.25) is 0 Å². The first-order valence-corrected chi connectivity index (χ1v) is 15.5. The third-order valence-corrected chi connectivity index (χ3v) is 14.9. The van der Waals surface area contributed by atoms with Crippen molar-refractivity contribution in [3.05, 3.63) is 23.6 Å². The van der Waals surface area contributed by atoms with E-state index in [0.717, 1.165) is 0 Å². The fourth-order valence-electron chi connectivity index (χ4n) is 2.11. The Hall–Kier alpha value is -0.346. The molecule has 0 saturated heterocycles. The molecule has 0 saturated carbocycles. The van der Waals surface area contributed by atoms with Gasteiger partial charge in [-0.25, -0.2) is 0 Å². The van der Waals surface area contributed by atoms with Crippen molar-refractivity contribution in [3.8, 4) is 0 Å². The van der Waals surface area contributed by atoms with Gasteiger partial charge in [-0.2, -0.15) is 0 Å². The lowest BCUT2D eigenvalue weighted by Crippen LogP contribution is -2.46. The summed E-state index contributed by atoms with van der Waals surface area (Å²) < 4.78 is 13.0. The Morgan fingerprint density at radius 1 is 0.538 bits per heavy atom. The molecule has 0 fully saturated rings. The smallest absolute Gasteiger partial charge is 0.193 e. The van der Waals surface area contributed by atoms with Crippen LogP contribution in [-0.2, 0) is 8.85 Å². The highest BCUT2D eigenvalue weighted by atomic mass is 28.4. The van der Waals surface area contributed by atoms with E-state index >= 15 is 0 Å². The molecule has 0 unspecified atom stereocenters. The fraction of sp³-hybridized carbons (Fsp3) is 0.818. The molecule has 152 valence electrons. The molecule has 0 aliphatic carbocycles. The second-order valence-corrected chi connectivity index (χ2v) is 21.0. The standard InChI is InChI=1S/C22H44O2Si2/c1-19(2,3)25(11,12)23-21(7,8)17-15-16-18-22(9,10)24-26(13,14)20(4,5)6/h17-18H,1-14H3. The summed E-state index contributed by atoms with van der Waals surface area (Å²) in [6.45, 7) is 31.0. The van der Waals surface area contributed by atoms with Gasteiger partial charge >= 0.3 is 0 Å². The van der Waals surface area contributed by atoms with Gasteiger partial charge in [-0.15, -0.1) is 0 Å². The normalized spacial score (nSPS) is 14.5. The van der Waals surface area contributed by atoms with Crippen LogP contribution in [-0.4, -0.2) is 27.8 Å². The molecule has 2 nitrogen and oxygen atoms in total. The topological polar surface area (TPSA) is 18.5 Å². The van der Waals surface area contributed by atoms with Crippen molar-refractivity contribution in [3.63, 3.8) is 0 Å². The second-order valence-electron chi connectivity index (χ2n) is 11.5. The van der Waals surface area contributed by atoms with Crippen molar-refractivity contribution < 1.29 is 8.85 Å². The number of hydrogen-bond donors (Lipinski definition) is 0. The van der Waals surface area contributed by atoms with Crippen LogP contribution in [0.3, 0.4) is 0 Å². The predicted molar refractivity (Wildman–Crippen MR) is 121 cm³/mol. The molecule has 0 bridgehead atoms. The Kier molecular flexibility index (Phi) is 7.84. The van der Waals surface area contributed by atoms with Crippen molar-refractivity contribution in [2.75, 3.05) is 0 Å². The molecule has 0 aliphatic rings. The summed E-state index contributed by atoms with van der Waals surface area (Å²) in [6, 6.07) is 0. The minimum Gasteiger partial charge on any atom is -0.408 e. The second kappa shape index (κ2) is 7.95. The summed E-state index contributed by atoms with van der Waals surface area (Å²) >= 11 is 0. The zero-order chi connectivity index (χ0) is 21.2. The van der Waals surface area contributed by atoms with Crippen molar-refractivity contribution >= 4 is 16.6 Å². The molecule has 0 aromatic carbocycles. The first-order chi connectivity index (χ1) is 11.1. The molecule has 26 heavy (non-hydrogen) atoms. The van der Waals surface area contributed by atoms with Crippen molar-refractivity contribution in [2.24, 2.45) is 0 Å². The molecule has 0 aliphatic heterocycles. The summed E-state index contributed by atoms with van der Waals surface area (Å²) in [6.07, 6.45) is 3.96. The summed E-state index contributed by atoms with van der Waals surface area (Å²) in [5.41, 5.74) is 5.66. The zero-order valence-electron chi connectivity index (χ0n) is 20.0. The third-order valence-electron chi connectivity index (χ3n) is 5.57. The van der Waals surface area contributed by atoms with Crippen LogP contribution >= 0.6 is 0 Å². The van der Waals surface area contributed by atoms with E-state index in [4.69, 9.17) is 8.85 Å². The van der Waals surface area contributed by atoms with Gasteiger partial charge in [-0.3, -0.25) is 0 Å². The van der Waals surface area contributed by atoms with Gasteiger partial charge in [-0.1, -0.05) is 53.0 Å². The molecule has 0 atom stereocenters. The van der Waals surface area contributed by atoms with Gasteiger partial charge in [0.25, 0.3) is 0 Å². The Bertz CT molecular complexity index is 520. The molecule has 0 N–H and O–H groups in total. The molecule has 0 amide bonds. The minimum atomic E-state index is -1.82. The lowest BCUT2D eigenvalue weighted by atomic mass is 10.1. The number of rotatable bonds is 6. The largest absolute Gasteiger partial charge is 0.408 e. The lowest BCUT2D eigenvalue weighted by molar-refractivity contribution is 0.140. The van der Waals surface area contributed by atoms with Crippen LogP contribution in [0.15, 0.2) is 23.6 Å². The monoisotopic (exact) mass is 396 g/mol. The van der Waals surface area contributed by atoms with Gasteiger partial charge in [0.05, 0.1) is 11.2 Å². The maximum absolute atomic E-state index is 6.49. The van der Waals surface area contributed by atoms with Crippen LogP contribution in [0.1, 0.15) is 69.2 Å². The van der Waals surface area contributed by atoms with Crippen LogP contribution in [0.25, 0.3) is 0 Å². The molecular formula is C22H44O2Si2. The Morgan fingerprint density at radius 2 is 0.769 bits per heavy atom. The molecule has 0 radical (unpaired) electrons. The summed E-state index contributed by atoms with van der Waals surface area (Å²) in [5.74, 6) is 0. The summed E-state index contributed by atoms with van der Waals surface area (Å²) in [5, 5.41) is 0.382. The first kappa shape index (κ1) is 25.7. The average molecular weight is 397 g/mol. The molecule has 0 spiro atoms. The van der Waals surface area contributed by atoms with Gasteiger partial charge in [-0.05, 0) is 76.1 Å². The summed E-state index contributed by atoms with van der Waals surface area (Å²) in [4.78, 5) is 0. The van der Waals surface area contributed by atoms with E-state index in [-0.39, 0.29) is 21.3 Å². The third kappa shape index (κ3) is 8.12. The maximum atomic E-state index is 6.49. The Labute approximate surface area is 166 Å². The van der Waals surface area contributed by atoms with Gasteiger partial charge in [0.1, 0.15) is 0 Å². The number of hydrogen-bond acceptors (Lipinski definition) is 2. The zero-order valence-corrected chi connectivity index (χ0v) is 22.0. The van der Waals surface area contributed by atoms with Crippen LogP contribution in [0.5, 0.6) is 0 Å². The van der Waals surface area contributed by atoms with Gasteiger partial charge < -0.3 is 8.85 Å². The molecular weight excluding hydrogens is 352 g/mol. The lowest BCUT2D eigenvalue weighted by Gasteiger charge is -2.41. The molecule has 0 aromatic heterocycles. The van der Waals surface area contributed by atoms with Crippen molar-refractivity contribution in [1.29, 1.82) is 0 Å². The van der Waals surface area contributed by atoms with Gasteiger partial charge in [0.15, 0.2) is 16.6 Å². The first-order valence-electron chi connectivity index (χ1n) is 9.72. The predicted octanol–water partition coefficient (Wildman–Crippen LogP) is 7.45. The van der Waals surface area contributed by atoms with E-state index < -0.39 is 16.6 Å². The van der Waals surface area contributed by atoms with Gasteiger partial charge in [0, 0.05) is 0 Å². The molecule has 4 heteroatoms. The van der Waals surface area contributed by atoms with Crippen LogP contribution in [0.4, 0.5) is 0 Å². The van der Waals surface area contributed by atoms with Crippen LogP contribution < -0.4 is 0 Å². The van der Waals surface area contributed by atoms with E-state index in [1.807, 2.05) is 12.2 Å². The SMILES string of the molecule is CC(C)(C=C=C=CC(C)(C)O[Si](C)(C)C(C)(C)C)O[Si](C)(C)C(C)(C)C. The minimum absolute atomic E-state index is 0.191. The molecule has 0 rings (SSSR count). The van der Waals surface area contributed by atoms with E-state index in [1.54, 1.807) is 0 Å². The van der Waals surface area contributed by atoms with E-state index in [0.29, 0.717) is 0 Å². The highest BCUT2D eigenvalue weighted by Gasteiger charge is 2.41. The molecule has 0 aromatic rings. The molecule has 0 heterocycles. The average Bonchev–Trinajstić information content (AvgIpc) is 2.29. The highest BCUT2D eigenvalue weighted by Crippen LogP contribution is 2.40. The van der Waals surface area contributed by atoms with E-state index in [2.05, 4.69) is 107 Å². The van der Waals surface area contributed by atoms with Crippen LogP contribution in [0.2, 0.25) is 36.3 Å². The Balaban J connectivity index is 5.34. The quantitative estimate of drug-likeness (QED) is 0.343. The van der Waals surface area contributed by atoms with Crippen molar-refractivity contribution in [1.82, 2.24) is 0 Å². The van der Waals surface area contributed by atoms with E-state index in [9.17, 15) is 0 Å². The maximum Gasteiger partial charge on any atom is 0.193 e. The van der Waals surface area contributed by atoms with Crippen LogP contribution in [0, 0.1) is 0 Å². The summed E-state index contributed by atoms with van der Waals surface area (Å²) in [7, 11) is -3.64. The highest BCUT2D eigenvalue weighted by molar-refractivity contribution is 6.74. The fourth-order valence-corrected chi connectivity index (χ4v) is 5.47. The Morgan fingerprint density at radius 3 is 0.962 bits per heavy atom. The van der Waals surface area contributed by atoms with Crippen molar-refractivity contribution in [2.45, 2.75) is 117 Å².